The van der Waals surface area contributed by atoms with Gasteiger partial charge in [-0.05, 0) is 30.7 Å². The summed E-state index contributed by atoms with van der Waals surface area (Å²) in [5.74, 6) is 1.33. The van der Waals surface area contributed by atoms with E-state index in [0.717, 1.165) is 25.3 Å². The maximum atomic E-state index is 12.7. The van der Waals surface area contributed by atoms with Gasteiger partial charge in [-0.15, -0.1) is 12.4 Å². The molecule has 148 valence electrons. The van der Waals surface area contributed by atoms with Crippen LogP contribution in [0.1, 0.15) is 35.5 Å². The van der Waals surface area contributed by atoms with Crippen LogP contribution in [0.25, 0.3) is 0 Å². The van der Waals surface area contributed by atoms with Crippen molar-refractivity contribution in [2.24, 2.45) is 0 Å². The maximum Gasteiger partial charge on any atom is 0.255 e. The number of nitrogens with one attached hydrogen (secondary N) is 1. The molecule has 27 heavy (non-hydrogen) atoms. The maximum absolute atomic E-state index is 12.7. The molecule has 6 nitrogen and oxygen atoms in total. The van der Waals surface area contributed by atoms with Crippen LogP contribution < -0.4 is 10.1 Å². The first-order valence-electron chi connectivity index (χ1n) is 9.15. The van der Waals surface area contributed by atoms with Crippen molar-refractivity contribution in [3.8, 4) is 5.75 Å². The Bertz CT molecular complexity index is 687. The van der Waals surface area contributed by atoms with Crippen molar-refractivity contribution in [2.45, 2.75) is 19.4 Å². The van der Waals surface area contributed by atoms with Crippen molar-refractivity contribution in [1.82, 2.24) is 10.2 Å². The van der Waals surface area contributed by atoms with Crippen LogP contribution in [0.3, 0.4) is 0 Å². The van der Waals surface area contributed by atoms with Gasteiger partial charge in [0, 0.05) is 19.6 Å². The minimum atomic E-state index is -0.137. The lowest BCUT2D eigenvalue weighted by molar-refractivity contribution is 0.0118. The van der Waals surface area contributed by atoms with Crippen LogP contribution in [0.5, 0.6) is 5.75 Å². The van der Waals surface area contributed by atoms with Gasteiger partial charge in [-0.3, -0.25) is 9.69 Å². The molecule has 0 aliphatic carbocycles. The molecule has 1 fully saturated rings. The van der Waals surface area contributed by atoms with E-state index in [4.69, 9.17) is 13.9 Å². The first-order chi connectivity index (χ1) is 12.8. The van der Waals surface area contributed by atoms with E-state index < -0.39 is 0 Å². The van der Waals surface area contributed by atoms with Gasteiger partial charge >= 0.3 is 0 Å². The fraction of sp³-hybridized carbons (Fsp3) is 0.450. The predicted molar refractivity (Wildman–Crippen MR) is 106 cm³/mol. The van der Waals surface area contributed by atoms with Gasteiger partial charge in [-0.1, -0.05) is 19.1 Å². The van der Waals surface area contributed by atoms with Gasteiger partial charge < -0.3 is 19.2 Å². The summed E-state index contributed by atoms with van der Waals surface area (Å²) < 4.78 is 16.7. The van der Waals surface area contributed by atoms with E-state index in [9.17, 15) is 4.79 Å². The third kappa shape index (κ3) is 5.73. The van der Waals surface area contributed by atoms with E-state index in [0.29, 0.717) is 37.7 Å². The Morgan fingerprint density at radius 3 is 2.70 bits per heavy atom. The third-order valence-corrected chi connectivity index (χ3v) is 4.41. The monoisotopic (exact) mass is 394 g/mol. The highest BCUT2D eigenvalue weighted by molar-refractivity contribution is 5.96. The minimum absolute atomic E-state index is 0. The van der Waals surface area contributed by atoms with Crippen molar-refractivity contribution in [2.75, 3.05) is 39.5 Å². The summed E-state index contributed by atoms with van der Waals surface area (Å²) in [6.07, 6.45) is 2.56. The molecule has 1 aliphatic heterocycles. The van der Waals surface area contributed by atoms with Crippen LogP contribution >= 0.6 is 12.4 Å². The van der Waals surface area contributed by atoms with Gasteiger partial charge in [0.25, 0.3) is 5.91 Å². The molecule has 1 aliphatic rings. The Labute approximate surface area is 166 Å². The Hall–Kier alpha value is -2.02. The van der Waals surface area contributed by atoms with Crippen molar-refractivity contribution in [3.63, 3.8) is 0 Å². The second-order valence-electron chi connectivity index (χ2n) is 6.23. The van der Waals surface area contributed by atoms with Gasteiger partial charge in [0.15, 0.2) is 0 Å². The number of ether oxygens (including phenoxy) is 2. The number of hydrogen-bond donors (Lipinski definition) is 1. The number of furan rings is 1. The normalized spacial score (nSPS) is 15.6. The number of benzene rings is 1. The molecule has 1 atom stereocenters. The second-order valence-corrected chi connectivity index (χ2v) is 6.23. The first kappa shape index (κ1) is 21.3. The van der Waals surface area contributed by atoms with Crippen LogP contribution in [0.15, 0.2) is 47.1 Å². The average molecular weight is 395 g/mol. The molecular formula is C20H27ClN2O4. The Balaban J connectivity index is 0.00000261. The molecule has 1 unspecified atom stereocenters. The second kappa shape index (κ2) is 11.0. The zero-order valence-electron chi connectivity index (χ0n) is 15.6. The molecule has 2 aromatic rings. The standard InChI is InChI=1S/C20H26N2O4.ClH/c1-2-11-25-18-7-4-3-6-16(18)20(23)21-15-17(19-8-5-12-26-19)22-9-13-24-14-10-22;/h3-8,12,17H,2,9-11,13-15H2,1H3,(H,21,23);1H. The molecule has 7 heteroatoms. The predicted octanol–water partition coefficient (Wildman–Crippen LogP) is 3.29. The smallest absolute Gasteiger partial charge is 0.255 e. The molecule has 1 aromatic carbocycles. The van der Waals surface area contributed by atoms with Gasteiger partial charge in [-0.25, -0.2) is 0 Å². The lowest BCUT2D eigenvalue weighted by Gasteiger charge is -2.33. The summed E-state index contributed by atoms with van der Waals surface area (Å²) in [6.45, 7) is 6.12. The summed E-state index contributed by atoms with van der Waals surface area (Å²) >= 11 is 0. The highest BCUT2D eigenvalue weighted by atomic mass is 35.5. The van der Waals surface area contributed by atoms with Crippen LogP contribution in [0, 0.1) is 0 Å². The highest BCUT2D eigenvalue weighted by Gasteiger charge is 2.25. The molecule has 0 radical (unpaired) electrons. The van der Waals surface area contributed by atoms with E-state index in [2.05, 4.69) is 10.2 Å². The quantitative estimate of drug-likeness (QED) is 0.744. The third-order valence-electron chi connectivity index (χ3n) is 4.41. The molecule has 1 N–H and O–H groups in total. The molecule has 0 spiro atoms. The van der Waals surface area contributed by atoms with Crippen LogP contribution in [-0.2, 0) is 4.74 Å². The lowest BCUT2D eigenvalue weighted by Crippen LogP contribution is -2.43. The molecular weight excluding hydrogens is 368 g/mol. The van der Waals surface area contributed by atoms with Gasteiger partial charge in [0.1, 0.15) is 11.5 Å². The summed E-state index contributed by atoms with van der Waals surface area (Å²) in [7, 11) is 0. The van der Waals surface area contributed by atoms with E-state index in [-0.39, 0.29) is 24.4 Å². The Morgan fingerprint density at radius 2 is 2.00 bits per heavy atom. The summed E-state index contributed by atoms with van der Waals surface area (Å²) in [5, 5.41) is 3.04. The van der Waals surface area contributed by atoms with E-state index in [1.165, 1.54) is 0 Å². The number of halogens is 1. The number of morpholine rings is 1. The fourth-order valence-electron chi connectivity index (χ4n) is 3.06. The number of nitrogens with zero attached hydrogens (tertiary/aromatic N) is 1. The highest BCUT2D eigenvalue weighted by Crippen LogP contribution is 2.23. The molecule has 2 heterocycles. The number of amides is 1. The van der Waals surface area contributed by atoms with Crippen molar-refractivity contribution < 1.29 is 18.7 Å². The fourth-order valence-corrected chi connectivity index (χ4v) is 3.06. The van der Waals surface area contributed by atoms with Crippen LogP contribution in [0.2, 0.25) is 0 Å². The molecule has 3 rings (SSSR count). The summed E-state index contributed by atoms with van der Waals surface area (Å²) in [4.78, 5) is 15.0. The number of rotatable bonds is 8. The SMILES string of the molecule is CCCOc1ccccc1C(=O)NCC(c1ccco1)N1CCOCC1.Cl. The Kier molecular flexibility index (Phi) is 8.64. The number of carbonyl (C=O) groups is 1. The van der Waals surface area contributed by atoms with Crippen molar-refractivity contribution in [3.05, 3.63) is 54.0 Å². The molecule has 1 saturated heterocycles. The summed E-state index contributed by atoms with van der Waals surface area (Å²) in [5.41, 5.74) is 0.557. The van der Waals surface area contributed by atoms with Crippen molar-refractivity contribution in [1.29, 1.82) is 0 Å². The molecule has 0 saturated carbocycles. The number of para-hydroxylation sites is 1. The van der Waals surface area contributed by atoms with Gasteiger partial charge in [0.2, 0.25) is 0 Å². The number of hydrogen-bond acceptors (Lipinski definition) is 5. The number of carbonyl (C=O) groups excluding carboxylic acids is 1. The molecule has 1 amide bonds. The zero-order valence-corrected chi connectivity index (χ0v) is 16.4. The first-order valence-corrected chi connectivity index (χ1v) is 9.15. The van der Waals surface area contributed by atoms with Crippen molar-refractivity contribution >= 4 is 18.3 Å². The van der Waals surface area contributed by atoms with Gasteiger partial charge in [0.05, 0.1) is 37.7 Å². The average Bonchev–Trinajstić information content (AvgIpc) is 3.22. The van der Waals surface area contributed by atoms with E-state index >= 15 is 0 Å². The Morgan fingerprint density at radius 1 is 1.22 bits per heavy atom. The molecule has 1 aromatic heterocycles. The largest absolute Gasteiger partial charge is 0.493 e. The summed E-state index contributed by atoms with van der Waals surface area (Å²) in [6, 6.07) is 11.2. The van der Waals surface area contributed by atoms with Crippen LogP contribution in [0.4, 0.5) is 0 Å². The van der Waals surface area contributed by atoms with Crippen LogP contribution in [-0.4, -0.2) is 50.3 Å². The van der Waals surface area contributed by atoms with Gasteiger partial charge in [-0.2, -0.15) is 0 Å². The van der Waals surface area contributed by atoms with E-state index in [1.807, 2.05) is 37.3 Å². The molecule has 0 bridgehead atoms. The minimum Gasteiger partial charge on any atom is -0.493 e. The lowest BCUT2D eigenvalue weighted by atomic mass is 10.1. The zero-order chi connectivity index (χ0) is 18.2. The topological polar surface area (TPSA) is 63.9 Å². The van der Waals surface area contributed by atoms with E-state index in [1.54, 1.807) is 12.3 Å².